The van der Waals surface area contributed by atoms with Crippen LogP contribution in [-0.2, 0) is 22.6 Å². The summed E-state index contributed by atoms with van der Waals surface area (Å²) >= 11 is 13.7. The average molecular weight is 738 g/mol. The van der Waals surface area contributed by atoms with Gasteiger partial charge in [-0.3, -0.25) is 9.36 Å². The van der Waals surface area contributed by atoms with Crippen LogP contribution in [0, 0.1) is 0 Å². The summed E-state index contributed by atoms with van der Waals surface area (Å²) in [6.07, 6.45) is 3.93. The number of ether oxygens (including phenoxy) is 5. The quantitative estimate of drug-likeness (QED) is 0.106. The van der Waals surface area contributed by atoms with Gasteiger partial charge >= 0.3 is 5.97 Å². The van der Waals surface area contributed by atoms with Crippen LogP contribution in [0.1, 0.15) is 56.0 Å². The van der Waals surface area contributed by atoms with Gasteiger partial charge in [-0.05, 0) is 87.7 Å². The van der Waals surface area contributed by atoms with E-state index in [4.69, 9.17) is 51.9 Å². The lowest BCUT2D eigenvalue weighted by atomic mass is 9.95. The average Bonchev–Trinajstić information content (AvgIpc) is 3.37. The fourth-order valence-corrected chi connectivity index (χ4v) is 7.15. The number of rotatable bonds is 13. The molecule has 1 aromatic heterocycles. The normalized spacial score (nSPS) is 14.3. The number of methoxy groups -OCH3 is 2. The predicted molar refractivity (Wildman–Crippen MR) is 197 cm³/mol. The molecule has 0 fully saturated rings. The minimum atomic E-state index is -0.823. The lowest BCUT2D eigenvalue weighted by molar-refractivity contribution is -0.139. The molecule has 50 heavy (non-hydrogen) atoms. The van der Waals surface area contributed by atoms with E-state index in [1.807, 2.05) is 32.0 Å². The molecule has 9 nitrogen and oxygen atoms in total. The van der Waals surface area contributed by atoms with E-state index in [-0.39, 0.29) is 30.5 Å². The summed E-state index contributed by atoms with van der Waals surface area (Å²) in [6, 6.07) is 13.5. The fourth-order valence-electron chi connectivity index (χ4n) is 5.64. The van der Waals surface area contributed by atoms with Crippen LogP contribution in [0.5, 0.6) is 23.0 Å². The molecule has 0 amide bonds. The number of allylic oxidation sites excluding steroid dienone is 2. The monoisotopic (exact) mass is 736 g/mol. The molecule has 0 spiro atoms. The van der Waals surface area contributed by atoms with Gasteiger partial charge in [-0.1, -0.05) is 52.7 Å². The third-order valence-corrected chi connectivity index (χ3v) is 9.38. The summed E-state index contributed by atoms with van der Waals surface area (Å²) in [6.45, 7) is 11.6. The van der Waals surface area contributed by atoms with Gasteiger partial charge in [0, 0.05) is 21.2 Å². The van der Waals surface area contributed by atoms with Crippen LogP contribution < -0.4 is 33.8 Å². The van der Waals surface area contributed by atoms with Crippen LogP contribution >= 0.6 is 34.5 Å². The molecule has 12 heteroatoms. The molecule has 262 valence electrons. The maximum absolute atomic E-state index is 14.3. The molecule has 0 saturated heterocycles. The van der Waals surface area contributed by atoms with Crippen molar-refractivity contribution in [2.75, 3.05) is 20.8 Å². The standard InChI is InChI=1S/C38H38Cl2N2O7S/c1-8-10-25-15-23(16-31(46-7)35(25)48-20-26-11-13-27(39)19-28(26)40)17-32-36(43)42-34(24-12-14-29(49-21(3)4)30(18-24)45-6)33(37(44)47-9-2)22(5)41-38(42)50-32/h8,11-19,21,34H,1,9-10,20H2,2-7H3/b32-17-/t34-/m1/s1. The van der Waals surface area contributed by atoms with Gasteiger partial charge in [0.05, 0.1) is 48.8 Å². The molecule has 0 bridgehead atoms. The lowest BCUT2D eigenvalue weighted by Gasteiger charge is -2.25. The van der Waals surface area contributed by atoms with Crippen molar-refractivity contribution in [3.8, 4) is 23.0 Å². The Morgan fingerprint density at radius 2 is 1.80 bits per heavy atom. The molecule has 1 aliphatic rings. The molecular formula is C38H38Cl2N2O7S. The van der Waals surface area contributed by atoms with Gasteiger partial charge in [0.1, 0.15) is 6.61 Å². The number of hydrogen-bond donors (Lipinski definition) is 0. The first kappa shape index (κ1) is 36.8. The van der Waals surface area contributed by atoms with Gasteiger partial charge in [0.2, 0.25) is 0 Å². The Morgan fingerprint density at radius 3 is 2.46 bits per heavy atom. The maximum atomic E-state index is 14.3. The second-order valence-electron chi connectivity index (χ2n) is 11.6. The van der Waals surface area contributed by atoms with Crippen LogP contribution in [0.3, 0.4) is 0 Å². The fraction of sp³-hybridized carbons (Fsp3) is 0.289. The highest BCUT2D eigenvalue weighted by atomic mass is 35.5. The van der Waals surface area contributed by atoms with Gasteiger partial charge in [0.15, 0.2) is 27.8 Å². The van der Waals surface area contributed by atoms with E-state index in [0.717, 1.165) is 11.1 Å². The molecule has 4 aromatic rings. The molecule has 1 aliphatic heterocycles. The van der Waals surface area contributed by atoms with Crippen molar-refractivity contribution in [1.29, 1.82) is 0 Å². The van der Waals surface area contributed by atoms with Crippen LogP contribution in [0.4, 0.5) is 0 Å². The summed E-state index contributed by atoms with van der Waals surface area (Å²) in [7, 11) is 3.10. The van der Waals surface area contributed by atoms with Crippen molar-refractivity contribution in [2.45, 2.75) is 52.9 Å². The first-order chi connectivity index (χ1) is 24.0. The molecule has 3 aromatic carbocycles. The third-order valence-electron chi connectivity index (χ3n) is 7.81. The summed E-state index contributed by atoms with van der Waals surface area (Å²) in [4.78, 5) is 32.8. The lowest BCUT2D eigenvalue weighted by Crippen LogP contribution is -2.40. The highest BCUT2D eigenvalue weighted by Gasteiger charge is 2.34. The molecule has 1 atom stereocenters. The number of esters is 1. The summed E-state index contributed by atoms with van der Waals surface area (Å²) in [5.41, 5.74) is 3.31. The van der Waals surface area contributed by atoms with E-state index >= 15 is 0 Å². The second-order valence-corrected chi connectivity index (χ2v) is 13.5. The molecule has 0 N–H and O–H groups in total. The zero-order chi connectivity index (χ0) is 36.1. The first-order valence-electron chi connectivity index (χ1n) is 15.9. The van der Waals surface area contributed by atoms with Crippen LogP contribution in [0.25, 0.3) is 6.08 Å². The summed E-state index contributed by atoms with van der Waals surface area (Å²) in [5, 5.41) is 1.03. The minimum Gasteiger partial charge on any atom is -0.493 e. The number of benzene rings is 3. The number of carbonyl (C=O) groups excluding carboxylic acids is 1. The van der Waals surface area contributed by atoms with Gasteiger partial charge in [-0.15, -0.1) is 6.58 Å². The van der Waals surface area contributed by atoms with E-state index in [2.05, 4.69) is 6.58 Å². The third kappa shape index (κ3) is 7.78. The highest BCUT2D eigenvalue weighted by Crippen LogP contribution is 2.37. The van der Waals surface area contributed by atoms with E-state index in [0.29, 0.717) is 65.6 Å². The molecule has 0 saturated carbocycles. The van der Waals surface area contributed by atoms with E-state index in [1.165, 1.54) is 15.9 Å². The minimum absolute atomic E-state index is 0.0853. The molecular weight excluding hydrogens is 699 g/mol. The molecule has 2 heterocycles. The predicted octanol–water partition coefficient (Wildman–Crippen LogP) is 7.22. The Morgan fingerprint density at radius 1 is 1.04 bits per heavy atom. The summed E-state index contributed by atoms with van der Waals surface area (Å²) in [5.74, 6) is 1.47. The van der Waals surface area contributed by atoms with Crippen molar-refractivity contribution in [1.82, 2.24) is 4.57 Å². The zero-order valence-electron chi connectivity index (χ0n) is 28.7. The smallest absolute Gasteiger partial charge is 0.338 e. The van der Waals surface area contributed by atoms with Crippen LogP contribution in [-0.4, -0.2) is 37.5 Å². The number of carbonyl (C=O) groups is 1. The number of hydrogen-bond acceptors (Lipinski definition) is 9. The second kappa shape index (κ2) is 16.0. The topological polar surface area (TPSA) is 97.6 Å². The Bertz CT molecular complexity index is 2150. The van der Waals surface area contributed by atoms with Crippen molar-refractivity contribution < 1.29 is 28.5 Å². The van der Waals surface area contributed by atoms with E-state index in [9.17, 15) is 9.59 Å². The molecule has 5 rings (SSSR count). The number of fused-ring (bicyclic) bond motifs is 1. The maximum Gasteiger partial charge on any atom is 0.338 e. The van der Waals surface area contributed by atoms with Crippen molar-refractivity contribution in [3.63, 3.8) is 0 Å². The van der Waals surface area contributed by atoms with Crippen LogP contribution in [0.15, 0.2) is 82.2 Å². The van der Waals surface area contributed by atoms with E-state index in [1.54, 1.807) is 70.6 Å². The van der Waals surface area contributed by atoms with Crippen molar-refractivity contribution in [2.24, 2.45) is 4.99 Å². The SMILES string of the molecule is C=CCc1cc(/C=c2\sc3n(c2=O)[C@H](c2ccc(OC(C)C)c(OC)c2)C(C(=O)OCC)=C(C)N=3)cc(OC)c1OCc1ccc(Cl)cc1Cl. The Hall–Kier alpha value is -4.51. The summed E-state index contributed by atoms with van der Waals surface area (Å²) < 4.78 is 30.9. The van der Waals surface area contributed by atoms with Gasteiger partial charge in [-0.2, -0.15) is 0 Å². The molecule has 0 radical (unpaired) electrons. The van der Waals surface area contributed by atoms with Crippen molar-refractivity contribution >= 4 is 46.6 Å². The highest BCUT2D eigenvalue weighted by molar-refractivity contribution is 7.07. The molecule has 0 unspecified atom stereocenters. The largest absolute Gasteiger partial charge is 0.493 e. The molecule has 0 aliphatic carbocycles. The van der Waals surface area contributed by atoms with Gasteiger partial charge in [0.25, 0.3) is 5.56 Å². The van der Waals surface area contributed by atoms with Crippen molar-refractivity contribution in [3.05, 3.63) is 124 Å². The van der Waals surface area contributed by atoms with Crippen LogP contribution in [0.2, 0.25) is 10.0 Å². The number of halogens is 2. The Labute approximate surface area is 304 Å². The first-order valence-corrected chi connectivity index (χ1v) is 17.5. The van der Waals surface area contributed by atoms with Gasteiger partial charge in [-0.25, -0.2) is 9.79 Å². The Balaban J connectivity index is 1.63. The number of thiazole rings is 1. The van der Waals surface area contributed by atoms with Gasteiger partial charge < -0.3 is 23.7 Å². The Kier molecular flexibility index (Phi) is 11.8. The zero-order valence-corrected chi connectivity index (χ0v) is 31.0. The van der Waals surface area contributed by atoms with E-state index < -0.39 is 12.0 Å². The number of nitrogens with zero attached hydrogens (tertiary/aromatic N) is 2. The number of aromatic nitrogens is 1.